The molecule has 0 aliphatic rings. The molecule has 0 saturated carbocycles. The zero-order chi connectivity index (χ0) is 11.1. The minimum atomic E-state index is 0.650. The van der Waals surface area contributed by atoms with Crippen LogP contribution in [0.25, 0.3) is 0 Å². The SMILES string of the molecule is C=C(Cl)CN(C)CCOc1ccccc1. The van der Waals surface area contributed by atoms with Crippen LogP contribution >= 0.6 is 11.6 Å². The minimum absolute atomic E-state index is 0.650. The summed E-state index contributed by atoms with van der Waals surface area (Å²) in [4.78, 5) is 2.07. The molecular weight excluding hydrogens is 210 g/mol. The third-order valence-electron chi connectivity index (χ3n) is 1.93. The molecule has 3 heteroatoms. The summed E-state index contributed by atoms with van der Waals surface area (Å²) in [5.74, 6) is 0.899. The van der Waals surface area contributed by atoms with Gasteiger partial charge in [-0.3, -0.25) is 4.90 Å². The first-order chi connectivity index (χ1) is 7.18. The van der Waals surface area contributed by atoms with E-state index in [1.807, 2.05) is 37.4 Å². The van der Waals surface area contributed by atoms with E-state index in [2.05, 4.69) is 11.5 Å². The summed E-state index contributed by atoms with van der Waals surface area (Å²) in [6.07, 6.45) is 0. The number of benzene rings is 1. The van der Waals surface area contributed by atoms with Crippen LogP contribution in [0.3, 0.4) is 0 Å². The van der Waals surface area contributed by atoms with Crippen molar-refractivity contribution in [3.05, 3.63) is 41.9 Å². The summed E-state index contributed by atoms with van der Waals surface area (Å²) in [5, 5.41) is 0.650. The van der Waals surface area contributed by atoms with Crippen LogP contribution in [0.2, 0.25) is 0 Å². The fourth-order valence-corrected chi connectivity index (χ4v) is 1.41. The van der Waals surface area contributed by atoms with Crippen molar-refractivity contribution in [2.75, 3.05) is 26.7 Å². The van der Waals surface area contributed by atoms with Gasteiger partial charge in [0.05, 0.1) is 0 Å². The molecule has 0 unspecified atom stereocenters. The Balaban J connectivity index is 2.19. The number of hydrogen-bond donors (Lipinski definition) is 0. The first kappa shape index (κ1) is 12.1. The van der Waals surface area contributed by atoms with Crippen LogP contribution in [0, 0.1) is 0 Å². The standard InChI is InChI=1S/C12H16ClNO/c1-11(13)10-14(2)8-9-15-12-6-4-3-5-7-12/h3-7H,1,8-10H2,2H3. The molecule has 0 spiro atoms. The molecule has 0 atom stereocenters. The second-order valence-corrected chi connectivity index (χ2v) is 3.95. The predicted octanol–water partition coefficient (Wildman–Crippen LogP) is 2.75. The molecule has 0 aliphatic carbocycles. The van der Waals surface area contributed by atoms with Crippen molar-refractivity contribution >= 4 is 11.6 Å². The second kappa shape index (κ2) is 6.49. The maximum absolute atomic E-state index is 5.69. The van der Waals surface area contributed by atoms with Crippen molar-refractivity contribution in [2.24, 2.45) is 0 Å². The van der Waals surface area contributed by atoms with Crippen molar-refractivity contribution in [3.8, 4) is 5.75 Å². The van der Waals surface area contributed by atoms with Crippen LogP contribution in [0.1, 0.15) is 0 Å². The van der Waals surface area contributed by atoms with Crippen LogP contribution in [0.4, 0.5) is 0 Å². The fourth-order valence-electron chi connectivity index (χ4n) is 1.21. The van der Waals surface area contributed by atoms with Crippen molar-refractivity contribution in [2.45, 2.75) is 0 Å². The Hall–Kier alpha value is -0.990. The van der Waals surface area contributed by atoms with Gasteiger partial charge in [0.1, 0.15) is 12.4 Å². The number of halogens is 1. The highest BCUT2D eigenvalue weighted by Gasteiger charge is 1.99. The Morgan fingerprint density at radius 2 is 2.07 bits per heavy atom. The molecule has 1 rings (SSSR count). The normalized spacial score (nSPS) is 10.3. The number of ether oxygens (including phenoxy) is 1. The quantitative estimate of drug-likeness (QED) is 0.738. The average molecular weight is 226 g/mol. The number of nitrogens with zero attached hydrogens (tertiary/aromatic N) is 1. The molecular formula is C12H16ClNO. The number of hydrogen-bond acceptors (Lipinski definition) is 2. The van der Waals surface area contributed by atoms with E-state index in [9.17, 15) is 0 Å². The van der Waals surface area contributed by atoms with Crippen LogP contribution in [-0.4, -0.2) is 31.6 Å². The van der Waals surface area contributed by atoms with Crippen LogP contribution < -0.4 is 4.74 Å². The van der Waals surface area contributed by atoms with E-state index in [4.69, 9.17) is 16.3 Å². The lowest BCUT2D eigenvalue weighted by atomic mass is 10.3. The molecule has 15 heavy (non-hydrogen) atoms. The van der Waals surface area contributed by atoms with Crippen molar-refractivity contribution in [3.63, 3.8) is 0 Å². The Morgan fingerprint density at radius 3 is 2.67 bits per heavy atom. The molecule has 0 aromatic heterocycles. The number of para-hydroxylation sites is 1. The largest absolute Gasteiger partial charge is 0.492 e. The van der Waals surface area contributed by atoms with Crippen LogP contribution in [0.5, 0.6) is 5.75 Å². The molecule has 0 fully saturated rings. The fraction of sp³-hybridized carbons (Fsp3) is 0.333. The summed E-state index contributed by atoms with van der Waals surface area (Å²) in [5.41, 5.74) is 0. The van der Waals surface area contributed by atoms with Gasteiger partial charge in [-0.1, -0.05) is 36.4 Å². The van der Waals surface area contributed by atoms with E-state index in [1.54, 1.807) is 0 Å². The molecule has 0 radical (unpaired) electrons. The highest BCUT2D eigenvalue weighted by Crippen LogP contribution is 2.08. The monoisotopic (exact) mass is 225 g/mol. The third-order valence-corrected chi connectivity index (χ3v) is 2.05. The van der Waals surface area contributed by atoms with Gasteiger partial charge in [0.15, 0.2) is 0 Å². The molecule has 0 saturated heterocycles. The minimum Gasteiger partial charge on any atom is -0.492 e. The van der Waals surface area contributed by atoms with Crippen molar-refractivity contribution in [1.29, 1.82) is 0 Å². The average Bonchev–Trinajstić information content (AvgIpc) is 2.18. The van der Waals surface area contributed by atoms with Gasteiger partial charge in [0.2, 0.25) is 0 Å². The Kier molecular flexibility index (Phi) is 5.22. The number of rotatable bonds is 6. The van der Waals surface area contributed by atoms with E-state index >= 15 is 0 Å². The van der Waals surface area contributed by atoms with E-state index in [0.717, 1.165) is 12.3 Å². The van der Waals surface area contributed by atoms with Crippen LogP contribution in [0.15, 0.2) is 41.9 Å². The molecule has 2 nitrogen and oxygen atoms in total. The smallest absolute Gasteiger partial charge is 0.119 e. The van der Waals surface area contributed by atoms with Gasteiger partial charge in [-0.25, -0.2) is 0 Å². The topological polar surface area (TPSA) is 12.5 Å². The molecule has 0 amide bonds. The molecule has 82 valence electrons. The summed E-state index contributed by atoms with van der Waals surface area (Å²) >= 11 is 5.69. The first-order valence-corrected chi connectivity index (χ1v) is 5.26. The maximum atomic E-state index is 5.69. The lowest BCUT2D eigenvalue weighted by Crippen LogP contribution is -2.25. The molecule has 1 aromatic carbocycles. The van der Waals surface area contributed by atoms with Gasteiger partial charge in [0.25, 0.3) is 0 Å². The van der Waals surface area contributed by atoms with Crippen molar-refractivity contribution in [1.82, 2.24) is 4.90 Å². The zero-order valence-corrected chi connectivity index (χ0v) is 9.70. The van der Waals surface area contributed by atoms with Gasteiger partial charge in [-0.15, -0.1) is 0 Å². The summed E-state index contributed by atoms with van der Waals surface area (Å²) in [6, 6.07) is 9.77. The van der Waals surface area contributed by atoms with E-state index in [0.29, 0.717) is 18.2 Å². The Morgan fingerprint density at radius 1 is 1.40 bits per heavy atom. The molecule has 0 N–H and O–H groups in total. The lowest BCUT2D eigenvalue weighted by molar-refractivity contribution is 0.249. The summed E-state index contributed by atoms with van der Waals surface area (Å²) in [7, 11) is 1.99. The molecule has 0 aliphatic heterocycles. The zero-order valence-electron chi connectivity index (χ0n) is 8.95. The second-order valence-electron chi connectivity index (χ2n) is 3.42. The highest BCUT2D eigenvalue weighted by molar-refractivity contribution is 6.29. The molecule has 0 bridgehead atoms. The van der Waals surface area contributed by atoms with Crippen molar-refractivity contribution < 1.29 is 4.74 Å². The Labute approximate surface area is 96.1 Å². The summed E-state index contributed by atoms with van der Waals surface area (Å²) in [6.45, 7) is 5.83. The van der Waals surface area contributed by atoms with Gasteiger partial charge in [-0.05, 0) is 19.2 Å². The Bertz CT molecular complexity index is 300. The highest BCUT2D eigenvalue weighted by atomic mass is 35.5. The van der Waals surface area contributed by atoms with Gasteiger partial charge < -0.3 is 4.74 Å². The summed E-state index contributed by atoms with van der Waals surface area (Å²) < 4.78 is 5.54. The van der Waals surface area contributed by atoms with Crippen LogP contribution in [-0.2, 0) is 0 Å². The van der Waals surface area contributed by atoms with Gasteiger partial charge in [-0.2, -0.15) is 0 Å². The number of likely N-dealkylation sites (N-methyl/N-ethyl adjacent to an activating group) is 1. The predicted molar refractivity (Wildman–Crippen MR) is 64.4 cm³/mol. The first-order valence-electron chi connectivity index (χ1n) is 4.88. The maximum Gasteiger partial charge on any atom is 0.119 e. The van der Waals surface area contributed by atoms with Gasteiger partial charge in [0, 0.05) is 18.1 Å². The van der Waals surface area contributed by atoms with E-state index < -0.39 is 0 Å². The lowest BCUT2D eigenvalue weighted by Gasteiger charge is -2.15. The van der Waals surface area contributed by atoms with Gasteiger partial charge >= 0.3 is 0 Å². The van der Waals surface area contributed by atoms with E-state index in [-0.39, 0.29) is 0 Å². The van der Waals surface area contributed by atoms with E-state index in [1.165, 1.54) is 0 Å². The molecule has 1 aromatic rings. The third kappa shape index (κ3) is 5.45. The molecule has 0 heterocycles.